The number of nitrogens with one attached hydrogen (secondary N) is 8. The van der Waals surface area contributed by atoms with Crippen molar-refractivity contribution in [2.75, 3.05) is 19.3 Å². The number of primary amides is 1. The summed E-state index contributed by atoms with van der Waals surface area (Å²) in [7, 11) is -2.79. The van der Waals surface area contributed by atoms with Gasteiger partial charge >= 0.3 is 5.97 Å². The van der Waals surface area contributed by atoms with Gasteiger partial charge in [0, 0.05) is 34.7 Å². The SMILES string of the molecule is CCCCCCCCCCNC1(C)CC(OC2C(Oc3c4cc5cc3Oc3ccc(cc3Cl)[C@@H](O)[C@@H](NC(=O)[C@@H](CC(C)C)NC)C(=O)N[C@@H](CC(N)=O)C(=O)NC5C(=O)NC3C(=O)N[C@H](C(=O)N[C@@H](C(=O)O)c5cc(O)cc(O)c5-c5cc3ccc5O)[C@H](O)c3ccc(c(Cl)c3)O4)OC(CCS(=O)(=O)c3c(C)cc(C)cc3C)C(O)C2O)OC(C)C1O. The van der Waals surface area contributed by atoms with Gasteiger partial charge in [-0.15, -0.1) is 0 Å². The maximum absolute atomic E-state index is 16.4. The molecule has 123 heavy (non-hydrogen) atoms. The highest BCUT2D eigenvalue weighted by Crippen LogP contribution is 2.50. The van der Waals surface area contributed by atoms with Gasteiger partial charge in [0.05, 0.1) is 51.5 Å². The number of carboxylic acid groups (broad SMARTS) is 1. The molecule has 2 saturated heterocycles. The fourth-order valence-corrected chi connectivity index (χ4v) is 18.7. The van der Waals surface area contributed by atoms with E-state index in [1.807, 2.05) is 13.8 Å². The zero-order valence-electron chi connectivity index (χ0n) is 69.3. The van der Waals surface area contributed by atoms with Crippen LogP contribution in [0.4, 0.5) is 0 Å². The Labute approximate surface area is 720 Å². The van der Waals surface area contributed by atoms with Crippen LogP contribution in [-0.4, -0.2) is 200 Å². The van der Waals surface area contributed by atoms with Crippen LogP contribution in [0.25, 0.3) is 11.1 Å². The first-order valence-corrected chi connectivity index (χ1v) is 43.2. The Balaban J connectivity index is 1.14. The van der Waals surface area contributed by atoms with Crippen LogP contribution in [0.2, 0.25) is 10.0 Å². The third kappa shape index (κ3) is 21.7. The molecule has 11 bridgehead atoms. The van der Waals surface area contributed by atoms with E-state index >= 15 is 24.0 Å². The minimum absolute atomic E-state index is 0.00298. The molecule has 13 rings (SSSR count). The summed E-state index contributed by atoms with van der Waals surface area (Å²) < 4.78 is 69.9. The molecular formula is C86H107Cl2N9O25S. The lowest BCUT2D eigenvalue weighted by molar-refractivity contribution is -0.332. The number of sulfone groups is 1. The number of hydrogen-bond acceptors (Lipinski definition) is 26. The largest absolute Gasteiger partial charge is 0.508 e. The number of carbonyl (C=O) groups excluding carboxylic acids is 7. The second-order valence-corrected chi connectivity index (χ2v) is 35.5. The van der Waals surface area contributed by atoms with Crippen LogP contribution in [0, 0.1) is 26.7 Å². The number of aliphatic hydroxyl groups is 5. The maximum Gasteiger partial charge on any atom is 0.330 e. The normalized spacial score (nSPS) is 26.4. The predicted molar refractivity (Wildman–Crippen MR) is 446 cm³/mol. The number of hydrogen-bond donors (Lipinski definition) is 18. The van der Waals surface area contributed by atoms with Gasteiger partial charge in [-0.25, -0.2) is 13.2 Å². The molecule has 0 radical (unpaired) electrons. The molecule has 18 atom stereocenters. The number of halogens is 2. The van der Waals surface area contributed by atoms with Crippen molar-refractivity contribution in [3.8, 4) is 57.1 Å². The van der Waals surface area contributed by atoms with Crippen molar-refractivity contribution in [1.29, 1.82) is 0 Å². The molecule has 19 N–H and O–H groups in total. The third-order valence-corrected chi connectivity index (χ3v) is 25.3. The van der Waals surface area contributed by atoms with Crippen molar-refractivity contribution in [2.45, 2.75) is 247 Å². The highest BCUT2D eigenvalue weighted by atomic mass is 35.5. The predicted octanol–water partition coefficient (Wildman–Crippen LogP) is 6.67. The molecular weight excluding hydrogens is 1660 g/mol. The summed E-state index contributed by atoms with van der Waals surface area (Å²) in [5, 5.41) is 128. The minimum Gasteiger partial charge on any atom is -0.508 e. The first kappa shape index (κ1) is 93.7. The Morgan fingerprint density at radius 2 is 1.27 bits per heavy atom. The highest BCUT2D eigenvalue weighted by Gasteiger charge is 2.53. The van der Waals surface area contributed by atoms with Gasteiger partial charge in [-0.1, -0.05) is 125 Å². The van der Waals surface area contributed by atoms with Crippen molar-refractivity contribution in [2.24, 2.45) is 11.7 Å². The summed E-state index contributed by atoms with van der Waals surface area (Å²) >= 11 is 14.5. The molecule has 7 amide bonds. The molecule has 0 spiro atoms. The van der Waals surface area contributed by atoms with Crippen LogP contribution in [0.5, 0.6) is 46.0 Å². The maximum atomic E-state index is 16.4. The van der Waals surface area contributed by atoms with E-state index in [-0.39, 0.29) is 51.1 Å². The Morgan fingerprint density at radius 3 is 1.87 bits per heavy atom. The molecule has 0 aromatic heterocycles. The fraction of sp³-hybridized carbons (Fsp3) is 0.488. The number of ether oxygens (including phenoxy) is 6. The fourth-order valence-electron chi connectivity index (χ4n) is 16.4. The lowest BCUT2D eigenvalue weighted by atomic mass is 9.84. The first-order valence-electron chi connectivity index (χ1n) is 40.8. The van der Waals surface area contributed by atoms with Crippen molar-refractivity contribution in [3.05, 3.63) is 146 Å². The topological polar surface area (TPSA) is 530 Å². The molecule has 0 saturated carbocycles. The van der Waals surface area contributed by atoms with E-state index < -0.39 is 253 Å². The van der Waals surface area contributed by atoms with Crippen molar-refractivity contribution < 1.29 is 121 Å². The van der Waals surface area contributed by atoms with Crippen LogP contribution in [0.1, 0.15) is 187 Å². The molecule has 37 heteroatoms. The van der Waals surface area contributed by atoms with E-state index in [9.17, 15) is 68.8 Å². The molecule has 34 nitrogen and oxygen atoms in total. The van der Waals surface area contributed by atoms with Gasteiger partial charge in [-0.05, 0) is 161 Å². The standard InChI is InChI=1S/C86H107Cl2N9O25S/c1-10-11-12-13-14-15-16-17-25-91-86(8)38-63(117-43(7)77(86)106)121-75-73(105)72(104)59(24-26-123(115,116)76-41(5)28-40(4)29-42(76)6)120-85(75)122-74-60-33-47-34-61(74)119-58-23-20-46(32-52(58)88)71(103)69-83(112)95-67(84(113)114)50-35-48(98)36-56(100)64(50)49-30-44(18-21-55(49)99)65(80(109)97-69)94-81(110)66(47)93-79(108)54(37-62(89)101)92-82(111)68(96-78(107)53(90-9)27-39(2)3)70(102)45-19-22-57(118-60)51(87)31-45/h18-23,28-36,39,43,53-54,59,63,65-73,75,77,85,90-91,98-100,102-106H,10-17,24-27,37-38H2,1-9H3,(H2,89,101)(H,92,111)(H,93,108)(H,94,110)(H,95,112)(H,96,107)(H,97,109)(H,113,114)/t43?,53-,54+,59?,63?,65?,66?,67-,68-,69+,70-,71-,72?,73?,75?,77?,85?,86?/m1/s1. The van der Waals surface area contributed by atoms with Crippen LogP contribution in [0.3, 0.4) is 0 Å². The molecule has 7 aliphatic heterocycles. The van der Waals surface area contributed by atoms with Gasteiger partial charge in [0.15, 0.2) is 39.8 Å². The summed E-state index contributed by atoms with van der Waals surface area (Å²) in [6, 6.07) is 2.65. The summed E-state index contributed by atoms with van der Waals surface area (Å²) in [6.07, 6.45) is -11.2. The molecule has 6 aromatic rings. The number of aryl methyl sites for hydroxylation is 3. The Hall–Kier alpha value is -9.99. The second-order valence-electron chi connectivity index (χ2n) is 32.7. The van der Waals surface area contributed by atoms with Gasteiger partial charge in [-0.2, -0.15) is 0 Å². The number of benzene rings is 6. The first-order chi connectivity index (χ1) is 58.2. The molecule has 2 fully saturated rings. The van der Waals surface area contributed by atoms with E-state index in [0.717, 1.165) is 124 Å². The van der Waals surface area contributed by atoms with Gasteiger partial charge < -0.3 is 123 Å². The highest BCUT2D eigenvalue weighted by molar-refractivity contribution is 7.91. The van der Waals surface area contributed by atoms with Gasteiger partial charge in [0.2, 0.25) is 53.4 Å². The number of aliphatic hydroxyl groups excluding tert-OH is 5. The summed E-state index contributed by atoms with van der Waals surface area (Å²) in [5.74, 6) is -16.9. The Morgan fingerprint density at radius 1 is 0.675 bits per heavy atom. The number of carboxylic acids is 1. The zero-order valence-corrected chi connectivity index (χ0v) is 71.6. The molecule has 7 aliphatic rings. The van der Waals surface area contributed by atoms with E-state index in [2.05, 4.69) is 49.5 Å². The number of phenols is 3. The average Bonchev–Trinajstić information content (AvgIpc) is 0.752. The smallest absolute Gasteiger partial charge is 0.330 e. The lowest BCUT2D eigenvalue weighted by Crippen LogP contribution is -2.65. The Kier molecular flexibility index (Phi) is 30.4. The van der Waals surface area contributed by atoms with Gasteiger partial charge in [-0.3, -0.25) is 33.6 Å². The average molecular weight is 1770 g/mol. The molecule has 666 valence electrons. The van der Waals surface area contributed by atoms with Crippen LogP contribution in [-0.2, 0) is 62.4 Å². The summed E-state index contributed by atoms with van der Waals surface area (Å²) in [6.45, 7) is 14.7. The molecule has 7 heterocycles. The van der Waals surface area contributed by atoms with Crippen molar-refractivity contribution in [3.63, 3.8) is 0 Å². The monoisotopic (exact) mass is 1770 g/mol. The number of aliphatic carboxylic acids is 1. The number of likely N-dealkylation sites (N-methyl/N-ethyl adjacent to an activating group) is 1. The summed E-state index contributed by atoms with van der Waals surface area (Å²) in [4.78, 5) is 119. The third-order valence-electron chi connectivity index (χ3n) is 22.7. The number of fused-ring (bicyclic) bond motifs is 15. The number of rotatable bonds is 26. The number of nitrogens with two attached hydrogens (primary N) is 1. The number of amides is 7. The van der Waals surface area contributed by atoms with E-state index in [0.29, 0.717) is 17.7 Å². The number of unbranched alkanes of at least 4 members (excludes halogenated alkanes) is 7. The van der Waals surface area contributed by atoms with Gasteiger partial charge in [0.25, 0.3) is 0 Å². The minimum atomic E-state index is -4.26. The van der Waals surface area contributed by atoms with E-state index in [1.54, 1.807) is 46.8 Å². The van der Waals surface area contributed by atoms with E-state index in [4.69, 9.17) is 57.4 Å². The van der Waals surface area contributed by atoms with Crippen LogP contribution < -0.4 is 62.5 Å². The second kappa shape index (κ2) is 39.9. The number of phenolic OH excluding ortho intramolecular Hbond substituents is 3. The number of carbonyl (C=O) groups is 8. The molecule has 6 aromatic carbocycles. The molecule has 0 aliphatic carbocycles. The van der Waals surface area contributed by atoms with Gasteiger partial charge in [0.1, 0.15) is 83.4 Å². The molecule has 11 unspecified atom stereocenters. The zero-order chi connectivity index (χ0) is 89.5. The van der Waals surface area contributed by atoms with E-state index in [1.165, 1.54) is 19.2 Å². The van der Waals surface area contributed by atoms with Crippen molar-refractivity contribution >= 4 is 80.4 Å². The quantitative estimate of drug-likeness (QED) is 0.0252. The lowest BCUT2D eigenvalue weighted by Gasteiger charge is -2.48. The van der Waals surface area contributed by atoms with Crippen LogP contribution >= 0.6 is 23.2 Å². The summed E-state index contributed by atoms with van der Waals surface area (Å²) in [5.41, 5.74) is 3.39. The van der Waals surface area contributed by atoms with Crippen molar-refractivity contribution in [1.82, 2.24) is 42.5 Å². The number of aromatic hydroxyl groups is 3. The Bertz CT molecular complexity index is 5060. The van der Waals surface area contributed by atoms with Crippen LogP contribution in [0.15, 0.2) is 95.9 Å².